The molecule has 6 heteroatoms. The van der Waals surface area contributed by atoms with Gasteiger partial charge in [0.05, 0.1) is 13.7 Å². The fourth-order valence-corrected chi connectivity index (χ4v) is 6.87. The Labute approximate surface area is 276 Å². The summed E-state index contributed by atoms with van der Waals surface area (Å²) in [7, 11) is -1.37. The molecule has 0 N–H and O–H groups in total. The third-order valence-corrected chi connectivity index (χ3v) is 9.49. The number of benzene rings is 2. The Kier molecular flexibility index (Phi) is 10.4. The van der Waals surface area contributed by atoms with E-state index >= 15 is 0 Å². The molecule has 0 aliphatic heterocycles. The van der Waals surface area contributed by atoms with Crippen molar-refractivity contribution in [2.75, 3.05) is 0 Å². The first-order valence-electron chi connectivity index (χ1n) is 15.0. The number of aromatic nitrogens is 3. The summed E-state index contributed by atoms with van der Waals surface area (Å²) in [5, 5.41) is 3.55. The molecular formula is C38H41IrN3OSi-2. The maximum atomic E-state index is 5.96. The number of pyridine rings is 3. The van der Waals surface area contributed by atoms with Crippen LogP contribution in [0, 0.1) is 17.5 Å². The van der Waals surface area contributed by atoms with Crippen molar-refractivity contribution in [2.45, 2.75) is 66.6 Å². The average Bonchev–Trinajstić information content (AvgIpc) is 3.35. The average molecular weight is 776 g/mol. The number of fused-ring (bicyclic) bond motifs is 3. The Morgan fingerprint density at radius 1 is 0.818 bits per heavy atom. The van der Waals surface area contributed by atoms with Gasteiger partial charge in [-0.3, -0.25) is 0 Å². The van der Waals surface area contributed by atoms with Crippen LogP contribution in [0.1, 0.15) is 51.7 Å². The van der Waals surface area contributed by atoms with Crippen LogP contribution in [0.2, 0.25) is 19.6 Å². The van der Waals surface area contributed by atoms with Crippen molar-refractivity contribution >= 4 is 35.3 Å². The topological polar surface area (TPSA) is 51.8 Å². The predicted octanol–water partition coefficient (Wildman–Crippen LogP) is 9.65. The molecule has 4 aromatic heterocycles. The molecule has 0 fully saturated rings. The molecule has 0 unspecified atom stereocenters. The van der Waals surface area contributed by atoms with Crippen molar-refractivity contribution in [3.63, 3.8) is 0 Å². The predicted molar refractivity (Wildman–Crippen MR) is 182 cm³/mol. The number of hydrogen-bond donors (Lipinski definition) is 0. The zero-order chi connectivity index (χ0) is 30.8. The van der Waals surface area contributed by atoms with E-state index in [9.17, 15) is 0 Å². The van der Waals surface area contributed by atoms with E-state index in [0.717, 1.165) is 45.3 Å². The Morgan fingerprint density at radius 3 is 2.30 bits per heavy atom. The minimum absolute atomic E-state index is 0. The van der Waals surface area contributed by atoms with Gasteiger partial charge in [-0.15, -0.1) is 54.1 Å². The van der Waals surface area contributed by atoms with Crippen LogP contribution in [0.5, 0.6) is 0 Å². The Bertz CT molecular complexity index is 1850. The first-order valence-corrected chi connectivity index (χ1v) is 18.5. The first-order chi connectivity index (χ1) is 20.4. The van der Waals surface area contributed by atoms with Crippen molar-refractivity contribution in [1.82, 2.24) is 15.0 Å². The summed E-state index contributed by atoms with van der Waals surface area (Å²) in [5.74, 6) is 0.457. The normalized spacial score (nSPS) is 11.8. The summed E-state index contributed by atoms with van der Waals surface area (Å²) in [6.45, 7) is 18.4. The minimum atomic E-state index is -1.37. The van der Waals surface area contributed by atoms with Gasteiger partial charge in [0.15, 0.2) is 0 Å². The van der Waals surface area contributed by atoms with Crippen molar-refractivity contribution in [2.24, 2.45) is 5.41 Å². The molecule has 0 spiro atoms. The Hall–Kier alpha value is -3.44. The van der Waals surface area contributed by atoms with Crippen LogP contribution >= 0.6 is 0 Å². The van der Waals surface area contributed by atoms with E-state index in [-0.39, 0.29) is 25.5 Å². The van der Waals surface area contributed by atoms with E-state index in [1.165, 1.54) is 16.3 Å². The van der Waals surface area contributed by atoms with E-state index in [2.05, 4.69) is 107 Å². The van der Waals surface area contributed by atoms with E-state index in [1.54, 1.807) is 6.20 Å². The molecule has 4 heterocycles. The molecule has 229 valence electrons. The van der Waals surface area contributed by atoms with Gasteiger partial charge < -0.3 is 14.4 Å². The molecule has 44 heavy (non-hydrogen) atoms. The molecule has 0 aliphatic rings. The summed E-state index contributed by atoms with van der Waals surface area (Å²) in [5.41, 5.74) is 8.34. The smallest absolute Gasteiger partial charge is 0.216 e. The van der Waals surface area contributed by atoms with Crippen LogP contribution in [0.15, 0.2) is 89.7 Å². The van der Waals surface area contributed by atoms with Gasteiger partial charge in [0.1, 0.15) is 0 Å². The second-order valence-electron chi connectivity index (χ2n) is 13.7. The largest absolute Gasteiger partial charge is 0.486 e. The number of rotatable bonds is 5. The van der Waals surface area contributed by atoms with Crippen LogP contribution in [0.4, 0.5) is 0 Å². The third kappa shape index (κ3) is 7.79. The number of hydrogen-bond acceptors (Lipinski definition) is 4. The summed E-state index contributed by atoms with van der Waals surface area (Å²) < 4.78 is 5.96. The molecule has 0 atom stereocenters. The van der Waals surface area contributed by atoms with Crippen LogP contribution in [0.25, 0.3) is 44.6 Å². The van der Waals surface area contributed by atoms with Crippen molar-refractivity contribution in [1.29, 1.82) is 0 Å². The molecule has 0 aliphatic carbocycles. The fourth-order valence-electron chi connectivity index (χ4n) is 5.30. The minimum Gasteiger partial charge on any atom is -0.486 e. The molecule has 6 rings (SSSR count). The molecular weight excluding hydrogens is 735 g/mol. The van der Waals surface area contributed by atoms with Gasteiger partial charge in [-0.1, -0.05) is 88.5 Å². The second kappa shape index (κ2) is 13.7. The molecule has 4 nitrogen and oxygen atoms in total. The van der Waals surface area contributed by atoms with Gasteiger partial charge in [-0.05, 0) is 52.5 Å². The molecule has 6 aromatic rings. The molecule has 0 amide bonds. The van der Waals surface area contributed by atoms with E-state index in [4.69, 9.17) is 9.40 Å². The summed E-state index contributed by atoms with van der Waals surface area (Å²) in [4.78, 5) is 13.5. The van der Waals surface area contributed by atoms with Crippen molar-refractivity contribution in [3.05, 3.63) is 109 Å². The van der Waals surface area contributed by atoms with Crippen molar-refractivity contribution < 1.29 is 24.5 Å². The van der Waals surface area contributed by atoms with Gasteiger partial charge in [0.2, 0.25) is 5.71 Å². The molecule has 2 aromatic carbocycles. The standard InChI is InChI=1S/C19H15N2O.C19H26NSi.Ir/c1-12(2)13-8-10-20-17(11-13)16-6-3-5-14-15-7-4-9-21-19(15)22-18(14)16;1-19(2,3)13-16-12-17(15-10-8-7-9-11-15)20-14-18(16)21(4,5)6;/h3-5,7-12H,1-2H3;7-10,12,14H,13H2,1-6H3;/q2*-1;. The van der Waals surface area contributed by atoms with Gasteiger partial charge in [0.25, 0.3) is 0 Å². The van der Waals surface area contributed by atoms with Crippen LogP contribution in [0.3, 0.4) is 0 Å². The van der Waals surface area contributed by atoms with Crippen LogP contribution in [-0.4, -0.2) is 23.0 Å². The van der Waals surface area contributed by atoms with Gasteiger partial charge >= 0.3 is 0 Å². The second-order valence-corrected chi connectivity index (χ2v) is 18.7. The zero-order valence-electron chi connectivity index (χ0n) is 27.0. The van der Waals surface area contributed by atoms with Crippen LogP contribution < -0.4 is 5.19 Å². The van der Waals surface area contributed by atoms with E-state index < -0.39 is 8.07 Å². The van der Waals surface area contributed by atoms with Gasteiger partial charge in [-0.2, -0.15) is 0 Å². The molecule has 0 bridgehead atoms. The van der Waals surface area contributed by atoms with Gasteiger partial charge in [0, 0.05) is 44.1 Å². The molecule has 0 saturated carbocycles. The number of furan rings is 1. The summed E-state index contributed by atoms with van der Waals surface area (Å²) >= 11 is 0. The zero-order valence-corrected chi connectivity index (χ0v) is 30.3. The number of nitrogens with zero attached hydrogens (tertiary/aromatic N) is 3. The SMILES string of the molecule is CC(C)(C)Cc1cc(-c2[c-]cccc2)ncc1[Si](C)(C)C.CC(C)c1ccnc(-c2[c-]ccc3c2oc2ncccc23)c1.[Ir]. The maximum absolute atomic E-state index is 5.96. The maximum Gasteiger partial charge on any atom is 0.216 e. The third-order valence-electron chi connectivity index (χ3n) is 7.42. The summed E-state index contributed by atoms with van der Waals surface area (Å²) in [6, 6.07) is 28.9. The van der Waals surface area contributed by atoms with Crippen molar-refractivity contribution in [3.8, 4) is 22.5 Å². The summed E-state index contributed by atoms with van der Waals surface area (Å²) in [6.07, 6.45) is 6.79. The monoisotopic (exact) mass is 776 g/mol. The van der Waals surface area contributed by atoms with E-state index in [1.807, 2.05) is 48.7 Å². The Balaban J connectivity index is 0.000000197. The van der Waals surface area contributed by atoms with E-state index in [0.29, 0.717) is 11.6 Å². The van der Waals surface area contributed by atoms with Crippen LogP contribution in [-0.2, 0) is 26.5 Å². The first kappa shape index (κ1) is 33.4. The van der Waals surface area contributed by atoms with Gasteiger partial charge in [-0.25, -0.2) is 4.98 Å². The quantitative estimate of drug-likeness (QED) is 0.129. The molecule has 0 saturated heterocycles. The fraction of sp³-hybridized carbons (Fsp3) is 0.289. The molecule has 1 radical (unpaired) electrons. The Morgan fingerprint density at radius 2 is 1.61 bits per heavy atom.